The number of phenols is 1. The van der Waals surface area contributed by atoms with Crippen LogP contribution in [0, 0.1) is 6.92 Å². The van der Waals surface area contributed by atoms with Crippen LogP contribution in [-0.2, 0) is 0 Å². The van der Waals surface area contributed by atoms with Crippen molar-refractivity contribution in [2.75, 3.05) is 0 Å². The van der Waals surface area contributed by atoms with Gasteiger partial charge in [-0.25, -0.2) is 0 Å². The van der Waals surface area contributed by atoms with E-state index in [1.807, 2.05) is 31.2 Å². The highest BCUT2D eigenvalue weighted by atomic mass is 79.9. The molecular formula is C16H16BrNO2. The van der Waals surface area contributed by atoms with Crippen LogP contribution >= 0.6 is 15.9 Å². The first kappa shape index (κ1) is 14.6. The van der Waals surface area contributed by atoms with E-state index in [0.29, 0.717) is 11.1 Å². The molecular weight excluding hydrogens is 318 g/mol. The standard InChI is InChI=1S/C16H16BrNO2/c1-10-5-3-8-14(15(10)19)16(20)18-11(2)12-6-4-7-13(17)9-12/h3-9,11,19H,1-2H3,(H,18,20). The number of carbonyl (C=O) groups excluding carboxylic acids is 1. The highest BCUT2D eigenvalue weighted by Crippen LogP contribution is 2.23. The molecule has 3 nitrogen and oxygen atoms in total. The number of aryl methyl sites for hydroxylation is 1. The number of rotatable bonds is 3. The summed E-state index contributed by atoms with van der Waals surface area (Å²) in [6.07, 6.45) is 0. The van der Waals surface area contributed by atoms with Gasteiger partial charge < -0.3 is 10.4 Å². The average molecular weight is 334 g/mol. The molecule has 2 aromatic rings. The number of aromatic hydroxyl groups is 1. The molecule has 0 heterocycles. The molecule has 0 saturated heterocycles. The van der Waals surface area contributed by atoms with Crippen LogP contribution in [0.2, 0.25) is 0 Å². The van der Waals surface area contributed by atoms with Gasteiger partial charge in [-0.15, -0.1) is 0 Å². The molecule has 0 aliphatic carbocycles. The molecule has 20 heavy (non-hydrogen) atoms. The Kier molecular flexibility index (Phi) is 4.45. The molecule has 0 aromatic heterocycles. The van der Waals surface area contributed by atoms with E-state index in [2.05, 4.69) is 21.2 Å². The van der Waals surface area contributed by atoms with Gasteiger partial charge in [0, 0.05) is 4.47 Å². The minimum absolute atomic E-state index is 0.0337. The summed E-state index contributed by atoms with van der Waals surface area (Å²) in [7, 11) is 0. The largest absolute Gasteiger partial charge is 0.507 e. The summed E-state index contributed by atoms with van der Waals surface area (Å²) >= 11 is 3.41. The predicted octanol–water partition coefficient (Wildman–Crippen LogP) is 3.95. The van der Waals surface area contributed by atoms with E-state index >= 15 is 0 Å². The van der Waals surface area contributed by atoms with Crippen molar-refractivity contribution in [3.63, 3.8) is 0 Å². The summed E-state index contributed by atoms with van der Waals surface area (Å²) < 4.78 is 0.967. The van der Waals surface area contributed by atoms with Crippen LogP contribution in [0.3, 0.4) is 0 Å². The fraction of sp³-hybridized carbons (Fsp3) is 0.188. The van der Waals surface area contributed by atoms with E-state index in [1.54, 1.807) is 25.1 Å². The number of hydrogen-bond donors (Lipinski definition) is 2. The number of hydrogen-bond acceptors (Lipinski definition) is 2. The first-order chi connectivity index (χ1) is 9.49. The first-order valence-electron chi connectivity index (χ1n) is 6.34. The Morgan fingerprint density at radius 3 is 2.65 bits per heavy atom. The van der Waals surface area contributed by atoms with Crippen molar-refractivity contribution in [1.82, 2.24) is 5.32 Å². The molecule has 0 fully saturated rings. The molecule has 0 saturated carbocycles. The number of carbonyl (C=O) groups is 1. The molecule has 1 amide bonds. The molecule has 104 valence electrons. The zero-order valence-electron chi connectivity index (χ0n) is 11.4. The van der Waals surface area contributed by atoms with Gasteiger partial charge in [-0.05, 0) is 43.2 Å². The maximum atomic E-state index is 12.2. The number of amides is 1. The Hall–Kier alpha value is -1.81. The van der Waals surface area contributed by atoms with E-state index in [0.717, 1.165) is 10.0 Å². The number of nitrogens with one attached hydrogen (secondary N) is 1. The number of benzene rings is 2. The maximum absolute atomic E-state index is 12.2. The van der Waals surface area contributed by atoms with Crippen LogP contribution < -0.4 is 5.32 Å². The monoisotopic (exact) mass is 333 g/mol. The fourth-order valence-corrected chi connectivity index (χ4v) is 2.39. The quantitative estimate of drug-likeness (QED) is 0.893. The van der Waals surface area contributed by atoms with Gasteiger partial charge in [0.2, 0.25) is 0 Å². The summed E-state index contributed by atoms with van der Waals surface area (Å²) in [5.41, 5.74) is 1.99. The lowest BCUT2D eigenvalue weighted by Gasteiger charge is -2.15. The summed E-state index contributed by atoms with van der Waals surface area (Å²) in [6.45, 7) is 3.68. The number of halogens is 1. The minimum Gasteiger partial charge on any atom is -0.507 e. The zero-order chi connectivity index (χ0) is 14.7. The van der Waals surface area contributed by atoms with E-state index in [-0.39, 0.29) is 17.7 Å². The lowest BCUT2D eigenvalue weighted by molar-refractivity contribution is 0.0937. The Balaban J connectivity index is 2.17. The van der Waals surface area contributed by atoms with E-state index in [9.17, 15) is 9.90 Å². The Morgan fingerprint density at radius 2 is 1.95 bits per heavy atom. The van der Waals surface area contributed by atoms with Crippen LogP contribution in [0.5, 0.6) is 5.75 Å². The Bertz CT molecular complexity index is 640. The number of phenolic OH excluding ortho intramolecular Hbond substituents is 1. The van der Waals surface area contributed by atoms with E-state index < -0.39 is 0 Å². The molecule has 2 aromatic carbocycles. The van der Waals surface area contributed by atoms with Gasteiger partial charge >= 0.3 is 0 Å². The van der Waals surface area contributed by atoms with Gasteiger partial charge in [-0.1, -0.05) is 40.2 Å². The molecule has 1 atom stereocenters. The van der Waals surface area contributed by atoms with Crippen LogP contribution in [-0.4, -0.2) is 11.0 Å². The molecule has 0 spiro atoms. The summed E-state index contributed by atoms with van der Waals surface area (Å²) in [5.74, 6) is -0.245. The normalized spacial score (nSPS) is 11.9. The third-order valence-corrected chi connectivity index (χ3v) is 3.67. The van der Waals surface area contributed by atoms with Gasteiger partial charge in [0.15, 0.2) is 0 Å². The third kappa shape index (κ3) is 3.20. The highest BCUT2D eigenvalue weighted by molar-refractivity contribution is 9.10. The van der Waals surface area contributed by atoms with E-state index in [1.165, 1.54) is 0 Å². The first-order valence-corrected chi connectivity index (χ1v) is 7.13. The van der Waals surface area contributed by atoms with Crippen molar-refractivity contribution >= 4 is 21.8 Å². The summed E-state index contributed by atoms with van der Waals surface area (Å²) in [5, 5.41) is 12.8. The van der Waals surface area contributed by atoms with Crippen LogP contribution in [0.15, 0.2) is 46.9 Å². The van der Waals surface area contributed by atoms with Gasteiger partial charge in [-0.3, -0.25) is 4.79 Å². The lowest BCUT2D eigenvalue weighted by Crippen LogP contribution is -2.26. The van der Waals surface area contributed by atoms with Crippen molar-refractivity contribution in [2.24, 2.45) is 0 Å². The van der Waals surface area contributed by atoms with Gasteiger partial charge in [0.1, 0.15) is 5.75 Å². The maximum Gasteiger partial charge on any atom is 0.255 e. The molecule has 0 aliphatic heterocycles. The number of para-hydroxylation sites is 1. The van der Waals surface area contributed by atoms with Crippen molar-refractivity contribution in [3.05, 3.63) is 63.6 Å². The summed E-state index contributed by atoms with van der Waals surface area (Å²) in [4.78, 5) is 12.2. The van der Waals surface area contributed by atoms with Gasteiger partial charge in [0.25, 0.3) is 5.91 Å². The van der Waals surface area contributed by atoms with Gasteiger partial charge in [-0.2, -0.15) is 0 Å². The minimum atomic E-state index is -0.279. The molecule has 1 unspecified atom stereocenters. The lowest BCUT2D eigenvalue weighted by atomic mass is 10.1. The predicted molar refractivity (Wildman–Crippen MR) is 82.9 cm³/mol. The third-order valence-electron chi connectivity index (χ3n) is 3.18. The second kappa shape index (κ2) is 6.09. The SMILES string of the molecule is Cc1cccc(C(=O)NC(C)c2cccc(Br)c2)c1O. The topological polar surface area (TPSA) is 49.3 Å². The Labute approximate surface area is 126 Å². The average Bonchev–Trinajstić information content (AvgIpc) is 2.41. The fourth-order valence-electron chi connectivity index (χ4n) is 1.98. The molecule has 0 aliphatic rings. The molecule has 2 N–H and O–H groups in total. The van der Waals surface area contributed by atoms with E-state index in [4.69, 9.17) is 0 Å². The van der Waals surface area contributed by atoms with Crippen LogP contribution in [0.4, 0.5) is 0 Å². The molecule has 0 radical (unpaired) electrons. The Morgan fingerprint density at radius 1 is 1.25 bits per heavy atom. The van der Waals surface area contributed by atoms with Crippen molar-refractivity contribution in [2.45, 2.75) is 19.9 Å². The van der Waals surface area contributed by atoms with Crippen molar-refractivity contribution in [1.29, 1.82) is 0 Å². The summed E-state index contributed by atoms with van der Waals surface area (Å²) in [6, 6.07) is 12.8. The highest BCUT2D eigenvalue weighted by Gasteiger charge is 2.15. The molecule has 4 heteroatoms. The van der Waals surface area contributed by atoms with Crippen LogP contribution in [0.25, 0.3) is 0 Å². The van der Waals surface area contributed by atoms with Gasteiger partial charge in [0.05, 0.1) is 11.6 Å². The van der Waals surface area contributed by atoms with Crippen molar-refractivity contribution in [3.8, 4) is 5.75 Å². The van der Waals surface area contributed by atoms with Crippen molar-refractivity contribution < 1.29 is 9.90 Å². The second-order valence-corrected chi connectivity index (χ2v) is 5.64. The molecule has 0 bridgehead atoms. The molecule has 2 rings (SSSR count). The van der Waals surface area contributed by atoms with Crippen LogP contribution in [0.1, 0.15) is 34.5 Å². The zero-order valence-corrected chi connectivity index (χ0v) is 12.9. The smallest absolute Gasteiger partial charge is 0.255 e. The second-order valence-electron chi connectivity index (χ2n) is 4.72.